The number of hydrogen-bond acceptors (Lipinski definition) is 2. The second-order valence-corrected chi connectivity index (χ2v) is 5.80. The van der Waals surface area contributed by atoms with E-state index in [9.17, 15) is 0 Å². The third-order valence-electron chi connectivity index (χ3n) is 3.26. The fourth-order valence-electron chi connectivity index (χ4n) is 2.00. The number of rotatable bonds is 8. The van der Waals surface area contributed by atoms with Crippen molar-refractivity contribution in [1.82, 2.24) is 10.2 Å². The monoisotopic (exact) mass is 224 g/mol. The molecule has 1 aliphatic carbocycles. The zero-order valence-corrected chi connectivity index (χ0v) is 11.4. The quantitative estimate of drug-likeness (QED) is 0.638. The van der Waals surface area contributed by atoms with Gasteiger partial charge >= 0.3 is 0 Å². The van der Waals surface area contributed by atoms with Gasteiger partial charge in [0.25, 0.3) is 0 Å². The first-order valence-electron chi connectivity index (χ1n) is 6.59. The molecule has 1 atom stereocenters. The van der Waals surface area contributed by atoms with Crippen molar-refractivity contribution in [3.8, 4) is 0 Å². The van der Waals surface area contributed by atoms with E-state index in [1.807, 2.05) is 0 Å². The van der Waals surface area contributed by atoms with Gasteiger partial charge in [0.1, 0.15) is 0 Å². The van der Waals surface area contributed by atoms with Crippen LogP contribution in [-0.4, -0.2) is 37.1 Å². The molecule has 0 amide bonds. The molecule has 94 valence electrons. The van der Waals surface area contributed by atoms with Crippen LogP contribution in [0, 0.1) is 5.92 Å². The van der Waals surface area contributed by atoms with Crippen molar-refractivity contribution >= 4 is 0 Å². The lowest BCUT2D eigenvalue weighted by Gasteiger charge is -2.27. The smallest absolute Gasteiger partial charge is 0.0202 e. The molecular weight excluding hydrogens is 196 g/mol. The molecule has 1 aliphatic rings. The molecule has 1 unspecified atom stereocenters. The average molecular weight is 224 g/mol. The summed E-state index contributed by atoms with van der Waals surface area (Å²) in [7, 11) is 2.20. The summed E-state index contributed by atoms with van der Waals surface area (Å²) >= 11 is 0. The molecule has 1 rings (SSSR count). The summed E-state index contributed by atoms with van der Waals surface area (Å²) in [6.45, 7) is 13.0. The second kappa shape index (κ2) is 6.41. The largest absolute Gasteiger partial charge is 0.310 e. The molecule has 0 heterocycles. The van der Waals surface area contributed by atoms with Crippen molar-refractivity contribution in [2.24, 2.45) is 5.92 Å². The first-order valence-corrected chi connectivity index (χ1v) is 6.59. The number of nitrogens with zero attached hydrogens (tertiary/aromatic N) is 1. The molecule has 0 aromatic rings. The van der Waals surface area contributed by atoms with Crippen LogP contribution in [0.4, 0.5) is 0 Å². The summed E-state index contributed by atoms with van der Waals surface area (Å²) in [4.78, 5) is 2.41. The van der Waals surface area contributed by atoms with Gasteiger partial charge in [-0.15, -0.1) is 0 Å². The molecule has 0 spiro atoms. The van der Waals surface area contributed by atoms with Crippen LogP contribution in [0.3, 0.4) is 0 Å². The lowest BCUT2D eigenvalue weighted by molar-refractivity contribution is 0.244. The maximum absolute atomic E-state index is 4.15. The van der Waals surface area contributed by atoms with Gasteiger partial charge in [0.05, 0.1) is 0 Å². The molecule has 2 heteroatoms. The SMILES string of the molecule is C=C(CNC1CC1)CN(C)C(C)CC(C)C. The van der Waals surface area contributed by atoms with Crippen molar-refractivity contribution < 1.29 is 0 Å². The number of hydrogen-bond donors (Lipinski definition) is 1. The predicted molar refractivity (Wildman–Crippen MR) is 71.7 cm³/mol. The van der Waals surface area contributed by atoms with Gasteiger partial charge in [0.2, 0.25) is 0 Å². The van der Waals surface area contributed by atoms with Gasteiger partial charge in [-0.3, -0.25) is 4.90 Å². The third kappa shape index (κ3) is 5.66. The Labute approximate surface area is 101 Å². The van der Waals surface area contributed by atoms with Crippen molar-refractivity contribution in [2.75, 3.05) is 20.1 Å². The summed E-state index contributed by atoms with van der Waals surface area (Å²) in [6.07, 6.45) is 3.97. The minimum Gasteiger partial charge on any atom is -0.310 e. The third-order valence-corrected chi connectivity index (χ3v) is 3.26. The minimum absolute atomic E-state index is 0.651. The first kappa shape index (κ1) is 13.7. The summed E-state index contributed by atoms with van der Waals surface area (Å²) in [5.41, 5.74) is 1.31. The first-order chi connectivity index (χ1) is 7.49. The Morgan fingerprint density at radius 1 is 1.38 bits per heavy atom. The highest BCUT2D eigenvalue weighted by molar-refractivity contribution is 5.01. The Bertz CT molecular complexity index is 219. The maximum atomic E-state index is 4.15. The van der Waals surface area contributed by atoms with Crippen LogP contribution in [0.25, 0.3) is 0 Å². The zero-order chi connectivity index (χ0) is 12.1. The van der Waals surface area contributed by atoms with Crippen LogP contribution in [0.5, 0.6) is 0 Å². The summed E-state index contributed by atoms with van der Waals surface area (Å²) < 4.78 is 0. The van der Waals surface area contributed by atoms with Gasteiger partial charge in [0.15, 0.2) is 0 Å². The van der Waals surface area contributed by atoms with Gasteiger partial charge in [-0.2, -0.15) is 0 Å². The highest BCUT2D eigenvalue weighted by Gasteiger charge is 2.20. The van der Waals surface area contributed by atoms with Crippen molar-refractivity contribution in [1.29, 1.82) is 0 Å². The van der Waals surface area contributed by atoms with E-state index in [0.29, 0.717) is 6.04 Å². The Hall–Kier alpha value is -0.340. The average Bonchev–Trinajstić information content (AvgIpc) is 2.96. The van der Waals surface area contributed by atoms with E-state index in [0.717, 1.165) is 25.0 Å². The second-order valence-electron chi connectivity index (χ2n) is 5.80. The van der Waals surface area contributed by atoms with E-state index in [2.05, 4.69) is 44.6 Å². The molecule has 1 fully saturated rings. The fourth-order valence-corrected chi connectivity index (χ4v) is 2.00. The molecule has 0 aromatic heterocycles. The van der Waals surface area contributed by atoms with Crippen LogP contribution in [-0.2, 0) is 0 Å². The molecule has 1 N–H and O–H groups in total. The van der Waals surface area contributed by atoms with Crippen molar-refractivity contribution in [3.05, 3.63) is 12.2 Å². The summed E-state index contributed by atoms with van der Waals surface area (Å²) in [5.74, 6) is 0.773. The van der Waals surface area contributed by atoms with E-state index in [4.69, 9.17) is 0 Å². The Balaban J connectivity index is 2.15. The van der Waals surface area contributed by atoms with Crippen molar-refractivity contribution in [2.45, 2.75) is 52.1 Å². The Morgan fingerprint density at radius 2 is 2.00 bits per heavy atom. The molecule has 0 aromatic carbocycles. The Morgan fingerprint density at radius 3 is 2.50 bits per heavy atom. The van der Waals surface area contributed by atoms with E-state index in [1.165, 1.54) is 24.8 Å². The Kier molecular flexibility index (Phi) is 5.50. The maximum Gasteiger partial charge on any atom is 0.0202 e. The lowest BCUT2D eigenvalue weighted by atomic mass is 10.0. The normalized spacial score (nSPS) is 18.1. The highest BCUT2D eigenvalue weighted by atomic mass is 15.1. The summed E-state index contributed by atoms with van der Waals surface area (Å²) in [5, 5.41) is 3.52. The van der Waals surface area contributed by atoms with E-state index in [1.54, 1.807) is 0 Å². The number of likely N-dealkylation sites (N-methyl/N-ethyl adjacent to an activating group) is 1. The molecule has 16 heavy (non-hydrogen) atoms. The lowest BCUT2D eigenvalue weighted by Crippen LogP contribution is -2.34. The predicted octanol–water partition coefficient (Wildman–Crippen LogP) is 2.66. The van der Waals surface area contributed by atoms with E-state index < -0.39 is 0 Å². The highest BCUT2D eigenvalue weighted by Crippen LogP contribution is 2.18. The van der Waals surface area contributed by atoms with Crippen LogP contribution in [0.2, 0.25) is 0 Å². The molecule has 2 nitrogen and oxygen atoms in total. The van der Waals surface area contributed by atoms with Crippen LogP contribution in [0.15, 0.2) is 12.2 Å². The zero-order valence-electron chi connectivity index (χ0n) is 11.4. The van der Waals surface area contributed by atoms with Gasteiger partial charge in [-0.1, -0.05) is 20.4 Å². The van der Waals surface area contributed by atoms with Crippen LogP contribution in [0.1, 0.15) is 40.0 Å². The van der Waals surface area contributed by atoms with E-state index in [-0.39, 0.29) is 0 Å². The molecular formula is C14H28N2. The fraction of sp³-hybridized carbons (Fsp3) is 0.857. The van der Waals surface area contributed by atoms with Gasteiger partial charge in [-0.25, -0.2) is 0 Å². The molecule has 0 saturated heterocycles. The van der Waals surface area contributed by atoms with E-state index >= 15 is 0 Å². The standard InChI is InChI=1S/C14H28N2/c1-11(2)8-13(4)16(5)10-12(3)9-15-14-6-7-14/h11,13-15H,3,6-10H2,1-2,4-5H3. The molecule has 0 bridgehead atoms. The minimum atomic E-state index is 0.651. The van der Waals surface area contributed by atoms with Gasteiger partial charge in [0, 0.05) is 25.2 Å². The van der Waals surface area contributed by atoms with Gasteiger partial charge < -0.3 is 5.32 Å². The van der Waals surface area contributed by atoms with Gasteiger partial charge in [-0.05, 0) is 44.7 Å². The molecule has 0 radical (unpaired) electrons. The van der Waals surface area contributed by atoms with Crippen molar-refractivity contribution in [3.63, 3.8) is 0 Å². The van der Waals surface area contributed by atoms with Crippen LogP contribution >= 0.6 is 0 Å². The van der Waals surface area contributed by atoms with Crippen LogP contribution < -0.4 is 5.32 Å². The summed E-state index contributed by atoms with van der Waals surface area (Å²) in [6, 6.07) is 1.44. The molecule has 0 aliphatic heterocycles. The number of nitrogens with one attached hydrogen (secondary N) is 1. The topological polar surface area (TPSA) is 15.3 Å². The molecule has 1 saturated carbocycles.